The number of halogens is 4. The summed E-state index contributed by atoms with van der Waals surface area (Å²) in [6.45, 7) is 3.17. The van der Waals surface area contributed by atoms with E-state index in [1.165, 1.54) is 23.1 Å². The molecule has 4 unspecified atom stereocenters. The van der Waals surface area contributed by atoms with Crippen molar-refractivity contribution in [3.05, 3.63) is 66.0 Å². The van der Waals surface area contributed by atoms with Crippen molar-refractivity contribution in [1.29, 1.82) is 5.41 Å². The Morgan fingerprint density at radius 1 is 1.11 bits per heavy atom. The van der Waals surface area contributed by atoms with Gasteiger partial charge in [0.05, 0.1) is 0 Å². The molecule has 2 N–H and O–H groups in total. The van der Waals surface area contributed by atoms with Crippen LogP contribution in [0.4, 0.5) is 23.7 Å². The van der Waals surface area contributed by atoms with E-state index in [0.29, 0.717) is 38.0 Å². The lowest BCUT2D eigenvalue weighted by Gasteiger charge is -2.56. The lowest BCUT2D eigenvalue weighted by molar-refractivity contribution is -0.0354. The third kappa shape index (κ3) is 4.39. The number of rotatable bonds is 4. The Kier molecular flexibility index (Phi) is 7.67. The predicted octanol–water partition coefficient (Wildman–Crippen LogP) is 5.88. The van der Waals surface area contributed by atoms with Crippen molar-refractivity contribution in [2.75, 3.05) is 11.4 Å². The summed E-state index contributed by atoms with van der Waals surface area (Å²) >= 11 is 0. The van der Waals surface area contributed by atoms with Crippen molar-refractivity contribution in [3.8, 4) is 0 Å². The molecule has 2 saturated heterocycles. The molecule has 2 amide bonds. The Bertz CT molecular complexity index is 1110. The van der Waals surface area contributed by atoms with Gasteiger partial charge in [-0.1, -0.05) is 42.8 Å². The molecule has 2 heterocycles. The number of amidine groups is 1. The van der Waals surface area contributed by atoms with Crippen LogP contribution >= 0.6 is 12.4 Å². The first-order valence-electron chi connectivity index (χ1n) is 12.3. The van der Waals surface area contributed by atoms with Gasteiger partial charge in [-0.25, -0.2) is 18.0 Å². The van der Waals surface area contributed by atoms with Gasteiger partial charge in [-0.05, 0) is 55.9 Å². The predicted molar refractivity (Wildman–Crippen MR) is 137 cm³/mol. The van der Waals surface area contributed by atoms with Gasteiger partial charge in [0.2, 0.25) is 0 Å². The fourth-order valence-corrected chi connectivity index (χ4v) is 6.66. The number of hydrogen-bond donors (Lipinski definition) is 2. The Morgan fingerprint density at radius 3 is 2.58 bits per heavy atom. The Morgan fingerprint density at radius 2 is 1.86 bits per heavy atom. The van der Waals surface area contributed by atoms with Crippen molar-refractivity contribution >= 4 is 30.0 Å². The van der Waals surface area contributed by atoms with E-state index in [1.807, 2.05) is 37.3 Å². The summed E-state index contributed by atoms with van der Waals surface area (Å²) in [5.41, 5.74) is 0.223. The summed E-state index contributed by atoms with van der Waals surface area (Å²) in [6, 6.07) is 14.9. The van der Waals surface area contributed by atoms with E-state index in [2.05, 4.69) is 10.2 Å². The van der Waals surface area contributed by atoms with E-state index < -0.39 is 41.6 Å². The van der Waals surface area contributed by atoms with E-state index in [9.17, 15) is 13.6 Å². The number of amides is 2. The summed E-state index contributed by atoms with van der Waals surface area (Å²) in [5.74, 6) is -1.74. The molecule has 0 aromatic heterocycles. The van der Waals surface area contributed by atoms with E-state index in [-0.39, 0.29) is 30.7 Å². The largest absolute Gasteiger partial charge is 0.328 e. The molecule has 36 heavy (non-hydrogen) atoms. The van der Waals surface area contributed by atoms with Crippen LogP contribution in [-0.2, 0) is 6.54 Å². The molecule has 0 radical (unpaired) electrons. The number of alkyl halides is 2. The SMILES string of the molecule is C[C@@H]1C(C2CCCC(F)C2F)[C@@]2(CCN1Cc1ccccc1)C(=N)NC(=O)N2c1cccc(F)c1.Cl. The highest BCUT2D eigenvalue weighted by molar-refractivity contribution is 6.18. The van der Waals surface area contributed by atoms with Gasteiger partial charge in [-0.2, -0.15) is 0 Å². The summed E-state index contributed by atoms with van der Waals surface area (Å²) in [5, 5.41) is 11.5. The van der Waals surface area contributed by atoms with Gasteiger partial charge in [0.15, 0.2) is 0 Å². The maximum atomic E-state index is 15.6. The molecule has 1 spiro atoms. The zero-order valence-electron chi connectivity index (χ0n) is 20.2. The second-order valence-corrected chi connectivity index (χ2v) is 10.1. The van der Waals surface area contributed by atoms with E-state index in [0.717, 1.165) is 5.56 Å². The minimum atomic E-state index is -1.68. The summed E-state index contributed by atoms with van der Waals surface area (Å²) in [4.78, 5) is 16.9. The van der Waals surface area contributed by atoms with Crippen LogP contribution in [0.5, 0.6) is 0 Å². The molecular weight excluding hydrogens is 489 g/mol. The average molecular weight is 521 g/mol. The highest BCUT2D eigenvalue weighted by Crippen LogP contribution is 2.50. The maximum Gasteiger partial charge on any atom is 0.328 e. The molecule has 1 aliphatic carbocycles. The number of carbonyl (C=O) groups excluding carboxylic acids is 1. The molecule has 2 aliphatic heterocycles. The second-order valence-electron chi connectivity index (χ2n) is 10.1. The molecule has 9 heteroatoms. The van der Waals surface area contributed by atoms with Crippen LogP contribution < -0.4 is 10.2 Å². The number of anilines is 1. The molecule has 194 valence electrons. The fourth-order valence-electron chi connectivity index (χ4n) is 6.66. The minimum absolute atomic E-state index is 0. The van der Waals surface area contributed by atoms with Crippen molar-refractivity contribution in [2.24, 2.45) is 11.8 Å². The smallest absolute Gasteiger partial charge is 0.296 e. The number of benzene rings is 2. The van der Waals surface area contributed by atoms with Gasteiger partial charge in [0, 0.05) is 30.7 Å². The molecule has 2 aromatic rings. The molecule has 1 saturated carbocycles. The quantitative estimate of drug-likeness (QED) is 0.529. The van der Waals surface area contributed by atoms with Crippen molar-refractivity contribution in [2.45, 2.75) is 63.1 Å². The van der Waals surface area contributed by atoms with Gasteiger partial charge >= 0.3 is 6.03 Å². The lowest BCUT2D eigenvalue weighted by atomic mass is 9.62. The van der Waals surface area contributed by atoms with Crippen molar-refractivity contribution in [1.82, 2.24) is 10.2 Å². The monoisotopic (exact) mass is 520 g/mol. The lowest BCUT2D eigenvalue weighted by Crippen LogP contribution is -2.68. The molecule has 3 aliphatic rings. The summed E-state index contributed by atoms with van der Waals surface area (Å²) in [6.07, 6.45) is -1.66. The number of likely N-dealkylation sites (tertiary alicyclic amines) is 1. The number of nitrogens with one attached hydrogen (secondary N) is 2. The van der Waals surface area contributed by atoms with E-state index >= 15 is 4.39 Å². The topological polar surface area (TPSA) is 59.4 Å². The third-order valence-corrected chi connectivity index (χ3v) is 8.22. The first-order chi connectivity index (χ1) is 16.8. The van der Waals surface area contributed by atoms with Gasteiger partial charge in [-0.3, -0.25) is 20.5 Å². The number of piperidine rings is 1. The summed E-state index contributed by atoms with van der Waals surface area (Å²) < 4.78 is 44.5. The van der Waals surface area contributed by atoms with Crippen LogP contribution in [0.15, 0.2) is 54.6 Å². The van der Waals surface area contributed by atoms with Crippen LogP contribution in [-0.4, -0.2) is 47.2 Å². The zero-order valence-corrected chi connectivity index (χ0v) is 21.0. The van der Waals surface area contributed by atoms with Crippen LogP contribution in [0.25, 0.3) is 0 Å². The Balaban J connectivity index is 0.00000304. The molecule has 3 fully saturated rings. The zero-order chi connectivity index (χ0) is 24.7. The highest BCUT2D eigenvalue weighted by atomic mass is 35.5. The van der Waals surface area contributed by atoms with Gasteiger partial charge in [0.1, 0.15) is 29.5 Å². The van der Waals surface area contributed by atoms with Crippen LogP contribution in [0.2, 0.25) is 0 Å². The molecule has 0 bridgehead atoms. The van der Waals surface area contributed by atoms with Crippen molar-refractivity contribution in [3.63, 3.8) is 0 Å². The normalized spacial score (nSPS) is 32.9. The Labute approximate surface area is 216 Å². The standard InChI is InChI=1S/C27H31F3N4O.ClH/c1-17-23(21-11-6-12-22(29)24(21)30)27(13-14-33(17)16-18-7-3-2-4-8-18)25(31)32-26(35)34(27)20-10-5-9-19(28)15-20;/h2-5,7-10,15,17,21-24H,6,11-14,16H2,1H3,(H2,31,32,35);1H/t17-,21?,22?,23?,24?,27+;/m1./s1. The number of nitrogens with zero attached hydrogens (tertiary/aromatic N) is 2. The van der Waals surface area contributed by atoms with Crippen LogP contribution in [0.1, 0.15) is 38.2 Å². The summed E-state index contributed by atoms with van der Waals surface area (Å²) in [7, 11) is 0. The van der Waals surface area contributed by atoms with Crippen molar-refractivity contribution < 1.29 is 18.0 Å². The van der Waals surface area contributed by atoms with E-state index in [1.54, 1.807) is 6.07 Å². The highest BCUT2D eigenvalue weighted by Gasteiger charge is 2.63. The Hall–Kier alpha value is -2.58. The molecule has 2 aromatic carbocycles. The van der Waals surface area contributed by atoms with Gasteiger partial charge in [-0.15, -0.1) is 12.4 Å². The third-order valence-electron chi connectivity index (χ3n) is 8.22. The van der Waals surface area contributed by atoms with Crippen LogP contribution in [0.3, 0.4) is 0 Å². The molecule has 6 atom stereocenters. The average Bonchev–Trinajstić information content (AvgIpc) is 3.08. The molecule has 5 rings (SSSR count). The fraction of sp³-hybridized carbons (Fsp3) is 0.481. The number of hydrogen-bond acceptors (Lipinski definition) is 3. The maximum absolute atomic E-state index is 15.6. The number of carbonyl (C=O) groups is 1. The molecular formula is C27H32ClF3N4O. The van der Waals surface area contributed by atoms with Gasteiger partial charge < -0.3 is 0 Å². The molecule has 5 nitrogen and oxygen atoms in total. The minimum Gasteiger partial charge on any atom is -0.296 e. The van der Waals surface area contributed by atoms with E-state index in [4.69, 9.17) is 5.41 Å². The first kappa shape index (κ1) is 26.5. The van der Waals surface area contributed by atoms with Gasteiger partial charge in [0.25, 0.3) is 0 Å². The second kappa shape index (κ2) is 10.4. The number of urea groups is 1. The van der Waals surface area contributed by atoms with Crippen LogP contribution in [0, 0.1) is 23.1 Å². The first-order valence-corrected chi connectivity index (χ1v) is 12.3.